The van der Waals surface area contributed by atoms with Gasteiger partial charge < -0.3 is 9.40 Å². The largest absolute Gasteiger partial charge is 0.464 e. The lowest BCUT2D eigenvalue weighted by atomic mass is 10.0. The topological polar surface area (TPSA) is 46.0 Å². The van der Waals surface area contributed by atoms with E-state index < -0.39 is 0 Å². The molecule has 0 aliphatic rings. The third-order valence-electron chi connectivity index (χ3n) is 2.57. The van der Waals surface area contributed by atoms with Gasteiger partial charge in [0.05, 0.1) is 6.26 Å². The number of benzene rings is 1. The number of carbonyl (C=O) groups is 1. The highest BCUT2D eigenvalue weighted by molar-refractivity contribution is 6.10. The summed E-state index contributed by atoms with van der Waals surface area (Å²) in [6.45, 7) is 0. The summed E-state index contributed by atoms with van der Waals surface area (Å²) < 4.78 is 5.23. The number of fused-ring (bicyclic) bond motifs is 1. The Balaban J connectivity index is 2.09. The van der Waals surface area contributed by atoms with Gasteiger partial charge in [-0.15, -0.1) is 0 Å². The number of aromatic amines is 1. The summed E-state index contributed by atoms with van der Waals surface area (Å²) in [5.41, 5.74) is 2.14. The maximum Gasteiger partial charge on any atom is 0.194 e. The van der Waals surface area contributed by atoms with Gasteiger partial charge in [-0.05, 0) is 30.3 Å². The average Bonchev–Trinajstić information content (AvgIpc) is 2.98. The van der Waals surface area contributed by atoms with Gasteiger partial charge in [0.25, 0.3) is 0 Å². The summed E-state index contributed by atoms with van der Waals surface area (Å²) in [5, 5.41) is 0.946. The zero-order valence-corrected chi connectivity index (χ0v) is 8.44. The Kier molecular flexibility index (Phi) is 1.90. The molecule has 0 saturated heterocycles. The molecule has 0 unspecified atom stereocenters. The van der Waals surface area contributed by atoms with E-state index in [4.69, 9.17) is 4.42 Å². The van der Waals surface area contributed by atoms with Gasteiger partial charge in [0.2, 0.25) is 0 Å². The van der Waals surface area contributed by atoms with Crippen LogP contribution in [0.3, 0.4) is 0 Å². The van der Waals surface area contributed by atoms with Crippen LogP contribution in [0.5, 0.6) is 0 Å². The van der Waals surface area contributed by atoms with E-state index in [-0.39, 0.29) is 5.78 Å². The van der Waals surface area contributed by atoms with Gasteiger partial charge >= 0.3 is 0 Å². The van der Waals surface area contributed by atoms with Crippen molar-refractivity contribution in [3.63, 3.8) is 0 Å². The van der Waals surface area contributed by atoms with Crippen LogP contribution in [0.4, 0.5) is 0 Å². The second kappa shape index (κ2) is 3.38. The normalized spacial score (nSPS) is 10.8. The minimum Gasteiger partial charge on any atom is -0.464 e. The number of ketones is 1. The van der Waals surface area contributed by atoms with Crippen LogP contribution in [0, 0.1) is 0 Å². The molecule has 3 aromatic rings. The van der Waals surface area contributed by atoms with Gasteiger partial charge in [0.1, 0.15) is 5.58 Å². The first kappa shape index (κ1) is 8.97. The number of furan rings is 1. The van der Waals surface area contributed by atoms with E-state index in [0.29, 0.717) is 11.1 Å². The van der Waals surface area contributed by atoms with E-state index in [1.807, 2.05) is 18.2 Å². The van der Waals surface area contributed by atoms with Crippen molar-refractivity contribution in [2.24, 2.45) is 0 Å². The Morgan fingerprint density at radius 1 is 1.12 bits per heavy atom. The van der Waals surface area contributed by atoms with E-state index in [9.17, 15) is 4.79 Å². The van der Waals surface area contributed by atoms with Crippen LogP contribution in [0.2, 0.25) is 0 Å². The molecule has 1 N–H and O–H groups in total. The van der Waals surface area contributed by atoms with Gasteiger partial charge in [-0.1, -0.05) is 0 Å². The number of hydrogen-bond acceptors (Lipinski definition) is 2. The van der Waals surface area contributed by atoms with Crippen LogP contribution < -0.4 is 0 Å². The minimum absolute atomic E-state index is 0.0179. The van der Waals surface area contributed by atoms with Gasteiger partial charge in [-0.3, -0.25) is 4.79 Å². The minimum atomic E-state index is 0.0179. The summed E-state index contributed by atoms with van der Waals surface area (Å²) in [7, 11) is 0. The second-order valence-electron chi connectivity index (χ2n) is 3.60. The molecular weight excluding hydrogens is 202 g/mol. The summed E-state index contributed by atoms with van der Waals surface area (Å²) in [6, 6.07) is 9.05. The molecule has 0 atom stereocenters. The Labute approximate surface area is 91.7 Å². The van der Waals surface area contributed by atoms with Crippen molar-refractivity contribution in [3.8, 4) is 0 Å². The highest BCUT2D eigenvalue weighted by Crippen LogP contribution is 2.18. The Hall–Kier alpha value is -2.29. The fourth-order valence-corrected chi connectivity index (χ4v) is 1.74. The van der Waals surface area contributed by atoms with Crippen LogP contribution in [-0.2, 0) is 0 Å². The van der Waals surface area contributed by atoms with E-state index in [1.165, 1.54) is 0 Å². The number of rotatable bonds is 2. The Bertz CT molecular complexity index is 635. The SMILES string of the molecule is O=C(c1cc[nH]c1)c1ccc2occc2c1. The number of hydrogen-bond donors (Lipinski definition) is 1. The predicted molar refractivity (Wildman–Crippen MR) is 60.4 cm³/mol. The van der Waals surface area contributed by atoms with Crippen molar-refractivity contribution in [2.75, 3.05) is 0 Å². The standard InChI is InChI=1S/C13H9NO2/c15-13(11-3-5-14-8-11)10-1-2-12-9(7-10)4-6-16-12/h1-8,14H. The molecule has 0 aliphatic carbocycles. The quantitative estimate of drug-likeness (QED) is 0.662. The van der Waals surface area contributed by atoms with Crippen molar-refractivity contribution in [2.45, 2.75) is 0 Å². The molecule has 2 aromatic heterocycles. The van der Waals surface area contributed by atoms with Crippen LogP contribution in [0.15, 0.2) is 53.4 Å². The van der Waals surface area contributed by atoms with Crippen LogP contribution in [-0.4, -0.2) is 10.8 Å². The zero-order valence-electron chi connectivity index (χ0n) is 8.44. The van der Waals surface area contributed by atoms with Crippen LogP contribution in [0.25, 0.3) is 11.0 Å². The molecule has 3 rings (SSSR count). The molecule has 78 valence electrons. The molecule has 0 saturated carbocycles. The van der Waals surface area contributed by atoms with E-state index in [0.717, 1.165) is 11.0 Å². The highest BCUT2D eigenvalue weighted by Gasteiger charge is 2.10. The third-order valence-corrected chi connectivity index (χ3v) is 2.57. The molecule has 0 fully saturated rings. The van der Waals surface area contributed by atoms with Gasteiger partial charge in [0.15, 0.2) is 5.78 Å². The van der Waals surface area contributed by atoms with Gasteiger partial charge in [0, 0.05) is 28.9 Å². The number of aromatic nitrogens is 1. The fourth-order valence-electron chi connectivity index (χ4n) is 1.74. The predicted octanol–water partition coefficient (Wildman–Crippen LogP) is 2.99. The van der Waals surface area contributed by atoms with Crippen molar-refractivity contribution in [3.05, 3.63) is 60.1 Å². The molecule has 0 radical (unpaired) electrons. The maximum absolute atomic E-state index is 12.0. The highest BCUT2D eigenvalue weighted by atomic mass is 16.3. The summed E-state index contributed by atoms with van der Waals surface area (Å²) >= 11 is 0. The summed E-state index contributed by atoms with van der Waals surface area (Å²) in [6.07, 6.45) is 5.06. The third kappa shape index (κ3) is 1.34. The second-order valence-corrected chi connectivity index (χ2v) is 3.60. The van der Waals surface area contributed by atoms with E-state index >= 15 is 0 Å². The van der Waals surface area contributed by atoms with Crippen molar-refractivity contribution in [1.29, 1.82) is 0 Å². The lowest BCUT2D eigenvalue weighted by Crippen LogP contribution is -1.98. The molecule has 1 aromatic carbocycles. The van der Waals surface area contributed by atoms with Gasteiger partial charge in [-0.25, -0.2) is 0 Å². The molecule has 3 nitrogen and oxygen atoms in total. The monoisotopic (exact) mass is 211 g/mol. The van der Waals surface area contributed by atoms with Crippen molar-refractivity contribution >= 4 is 16.8 Å². The van der Waals surface area contributed by atoms with Crippen LogP contribution in [0.1, 0.15) is 15.9 Å². The first-order valence-corrected chi connectivity index (χ1v) is 4.99. The number of carbonyl (C=O) groups excluding carboxylic acids is 1. The summed E-state index contributed by atoms with van der Waals surface area (Å²) in [5.74, 6) is 0.0179. The molecule has 0 amide bonds. The number of nitrogens with one attached hydrogen (secondary N) is 1. The molecule has 0 spiro atoms. The van der Waals surface area contributed by atoms with Crippen molar-refractivity contribution in [1.82, 2.24) is 4.98 Å². The smallest absolute Gasteiger partial charge is 0.194 e. The molecular formula is C13H9NO2. The maximum atomic E-state index is 12.0. The Morgan fingerprint density at radius 2 is 2.06 bits per heavy atom. The lowest BCUT2D eigenvalue weighted by Gasteiger charge is -1.97. The molecule has 0 aliphatic heterocycles. The molecule has 2 heterocycles. The zero-order chi connectivity index (χ0) is 11.0. The summed E-state index contributed by atoms with van der Waals surface area (Å²) in [4.78, 5) is 14.9. The van der Waals surface area contributed by atoms with E-state index in [2.05, 4.69) is 4.98 Å². The Morgan fingerprint density at radius 3 is 2.88 bits per heavy atom. The molecule has 16 heavy (non-hydrogen) atoms. The van der Waals surface area contributed by atoms with Gasteiger partial charge in [-0.2, -0.15) is 0 Å². The number of H-pyrrole nitrogens is 1. The molecule has 0 bridgehead atoms. The molecule has 3 heteroatoms. The first-order valence-electron chi connectivity index (χ1n) is 4.99. The van der Waals surface area contributed by atoms with E-state index in [1.54, 1.807) is 30.8 Å². The lowest BCUT2D eigenvalue weighted by molar-refractivity contribution is 0.103. The van der Waals surface area contributed by atoms with Crippen molar-refractivity contribution < 1.29 is 9.21 Å². The fraction of sp³-hybridized carbons (Fsp3) is 0. The average molecular weight is 211 g/mol. The van der Waals surface area contributed by atoms with Crippen LogP contribution >= 0.6 is 0 Å². The first-order chi connectivity index (χ1) is 7.84.